The summed E-state index contributed by atoms with van der Waals surface area (Å²) in [5.74, 6) is -0.277. The molecule has 1 aromatic carbocycles. The van der Waals surface area contributed by atoms with Crippen LogP contribution >= 0.6 is 0 Å². The summed E-state index contributed by atoms with van der Waals surface area (Å²) in [4.78, 5) is 42.2. The standard InChI is InChI=1S/C22H29N3O5/c1-7-30-22(28)19-13(2)20(23-14(19)3)21(27)15(4)25(5)12-18(26)24-16-9-8-10-17(11-16)29-6/h8-11,15,23H,7,12H2,1-6H3,(H,24,26). The molecule has 162 valence electrons. The van der Waals surface area contributed by atoms with E-state index in [1.807, 2.05) is 0 Å². The molecule has 1 aromatic heterocycles. The topological polar surface area (TPSA) is 101 Å². The zero-order valence-corrected chi connectivity index (χ0v) is 18.3. The van der Waals surface area contributed by atoms with E-state index in [9.17, 15) is 14.4 Å². The SMILES string of the molecule is CCOC(=O)c1c(C)[nH]c(C(=O)C(C)N(C)CC(=O)Nc2cccc(OC)c2)c1C. The Morgan fingerprint density at radius 1 is 1.23 bits per heavy atom. The zero-order valence-electron chi connectivity index (χ0n) is 18.3. The van der Waals surface area contributed by atoms with Crippen LogP contribution in [0.5, 0.6) is 5.75 Å². The minimum absolute atomic E-state index is 0.0214. The molecule has 0 saturated heterocycles. The number of H-pyrrole nitrogens is 1. The molecule has 0 aliphatic heterocycles. The number of nitrogens with one attached hydrogen (secondary N) is 2. The number of Topliss-reactive ketones (excluding diaryl/α,β-unsaturated/α-hetero) is 1. The van der Waals surface area contributed by atoms with E-state index >= 15 is 0 Å². The van der Waals surface area contributed by atoms with Gasteiger partial charge in [-0.1, -0.05) is 6.07 Å². The Balaban J connectivity index is 2.07. The first kappa shape index (κ1) is 23.2. The molecule has 0 fully saturated rings. The van der Waals surface area contributed by atoms with Gasteiger partial charge in [0.15, 0.2) is 5.78 Å². The van der Waals surface area contributed by atoms with Crippen molar-refractivity contribution in [2.75, 3.05) is 32.6 Å². The third kappa shape index (κ3) is 5.27. The molecule has 0 saturated carbocycles. The highest BCUT2D eigenvalue weighted by Gasteiger charge is 2.28. The second-order valence-corrected chi connectivity index (χ2v) is 7.08. The average Bonchev–Trinajstić information content (AvgIpc) is 3.01. The molecule has 0 aliphatic rings. The molecule has 1 unspecified atom stereocenters. The predicted molar refractivity (Wildman–Crippen MR) is 114 cm³/mol. The lowest BCUT2D eigenvalue weighted by Gasteiger charge is -2.23. The van der Waals surface area contributed by atoms with Crippen LogP contribution in [0, 0.1) is 13.8 Å². The highest BCUT2D eigenvalue weighted by molar-refractivity contribution is 6.04. The van der Waals surface area contributed by atoms with Gasteiger partial charge in [-0.2, -0.15) is 0 Å². The molecule has 0 aliphatic carbocycles. The zero-order chi connectivity index (χ0) is 22.4. The summed E-state index contributed by atoms with van der Waals surface area (Å²) >= 11 is 0. The van der Waals surface area contributed by atoms with Crippen LogP contribution in [0.25, 0.3) is 0 Å². The van der Waals surface area contributed by atoms with Gasteiger partial charge in [0, 0.05) is 17.4 Å². The van der Waals surface area contributed by atoms with E-state index in [1.54, 1.807) is 71.0 Å². The fourth-order valence-electron chi connectivity index (χ4n) is 3.18. The Morgan fingerprint density at radius 3 is 2.57 bits per heavy atom. The third-order valence-electron chi connectivity index (χ3n) is 4.95. The van der Waals surface area contributed by atoms with Gasteiger partial charge in [-0.25, -0.2) is 4.79 Å². The highest BCUT2D eigenvalue weighted by Crippen LogP contribution is 2.21. The molecule has 1 atom stereocenters. The van der Waals surface area contributed by atoms with Crippen LogP contribution in [0.3, 0.4) is 0 Å². The molecule has 0 bridgehead atoms. The number of amides is 1. The van der Waals surface area contributed by atoms with Gasteiger partial charge in [0.05, 0.1) is 37.6 Å². The minimum atomic E-state index is -0.576. The van der Waals surface area contributed by atoms with Gasteiger partial charge in [-0.05, 0) is 52.4 Å². The van der Waals surface area contributed by atoms with E-state index in [2.05, 4.69) is 10.3 Å². The number of likely N-dealkylation sites (N-methyl/N-ethyl adjacent to an activating group) is 1. The van der Waals surface area contributed by atoms with Crippen molar-refractivity contribution in [3.05, 3.63) is 46.8 Å². The van der Waals surface area contributed by atoms with Crippen molar-refractivity contribution in [3.8, 4) is 5.75 Å². The first-order valence-electron chi connectivity index (χ1n) is 9.74. The van der Waals surface area contributed by atoms with Gasteiger partial charge in [0.2, 0.25) is 5.91 Å². The average molecular weight is 415 g/mol. The van der Waals surface area contributed by atoms with Crippen molar-refractivity contribution < 1.29 is 23.9 Å². The molecule has 2 rings (SSSR count). The van der Waals surface area contributed by atoms with Crippen molar-refractivity contribution in [1.82, 2.24) is 9.88 Å². The summed E-state index contributed by atoms with van der Waals surface area (Å²) in [6.07, 6.45) is 0. The molecule has 8 nitrogen and oxygen atoms in total. The Labute approximate surface area is 176 Å². The molecule has 1 amide bonds. The lowest BCUT2D eigenvalue weighted by Crippen LogP contribution is -2.41. The van der Waals surface area contributed by atoms with Gasteiger partial charge in [0.25, 0.3) is 0 Å². The second-order valence-electron chi connectivity index (χ2n) is 7.08. The van der Waals surface area contributed by atoms with Crippen molar-refractivity contribution in [2.24, 2.45) is 0 Å². The first-order chi connectivity index (χ1) is 14.2. The van der Waals surface area contributed by atoms with E-state index in [4.69, 9.17) is 9.47 Å². The summed E-state index contributed by atoms with van der Waals surface area (Å²) in [5, 5.41) is 2.79. The molecule has 2 aromatic rings. The number of nitrogens with zero attached hydrogens (tertiary/aromatic N) is 1. The van der Waals surface area contributed by atoms with Crippen molar-refractivity contribution in [3.63, 3.8) is 0 Å². The number of anilines is 1. The Hall–Kier alpha value is -3.13. The number of ether oxygens (including phenoxy) is 2. The van der Waals surface area contributed by atoms with E-state index < -0.39 is 12.0 Å². The summed E-state index contributed by atoms with van der Waals surface area (Å²) in [7, 11) is 3.25. The summed E-state index contributed by atoms with van der Waals surface area (Å²) < 4.78 is 10.2. The summed E-state index contributed by atoms with van der Waals surface area (Å²) in [5.41, 5.74) is 2.48. The van der Waals surface area contributed by atoms with Crippen LogP contribution in [0.1, 0.15) is 46.0 Å². The molecule has 1 heterocycles. The molecule has 2 N–H and O–H groups in total. The fourth-order valence-corrected chi connectivity index (χ4v) is 3.18. The number of carbonyl (C=O) groups excluding carboxylic acids is 3. The maximum absolute atomic E-state index is 13.0. The van der Waals surface area contributed by atoms with E-state index in [1.165, 1.54) is 0 Å². The third-order valence-corrected chi connectivity index (χ3v) is 4.95. The molecular weight excluding hydrogens is 386 g/mol. The van der Waals surface area contributed by atoms with Gasteiger partial charge in [-0.3, -0.25) is 14.5 Å². The van der Waals surface area contributed by atoms with Crippen LogP contribution in [-0.4, -0.2) is 60.9 Å². The quantitative estimate of drug-likeness (QED) is 0.482. The van der Waals surface area contributed by atoms with Gasteiger partial charge in [-0.15, -0.1) is 0 Å². The number of hydrogen-bond donors (Lipinski definition) is 2. The number of rotatable bonds is 9. The lowest BCUT2D eigenvalue weighted by molar-refractivity contribution is -0.117. The fraction of sp³-hybridized carbons (Fsp3) is 0.409. The number of ketones is 1. The van der Waals surface area contributed by atoms with Gasteiger partial charge < -0.3 is 19.8 Å². The Kier molecular flexibility index (Phi) is 7.77. The monoisotopic (exact) mass is 415 g/mol. The molecule has 30 heavy (non-hydrogen) atoms. The lowest BCUT2D eigenvalue weighted by atomic mass is 10.0. The Bertz CT molecular complexity index is 935. The maximum Gasteiger partial charge on any atom is 0.340 e. The molecule has 0 spiro atoms. The number of methoxy groups -OCH3 is 1. The van der Waals surface area contributed by atoms with E-state index in [-0.39, 0.29) is 24.8 Å². The smallest absolute Gasteiger partial charge is 0.340 e. The predicted octanol–water partition coefficient (Wildman–Crippen LogP) is 2.96. The van der Waals surface area contributed by atoms with E-state index in [0.717, 1.165) is 0 Å². The van der Waals surface area contributed by atoms with Crippen LogP contribution in [-0.2, 0) is 9.53 Å². The largest absolute Gasteiger partial charge is 0.497 e. The van der Waals surface area contributed by atoms with Crippen molar-refractivity contribution in [2.45, 2.75) is 33.7 Å². The van der Waals surface area contributed by atoms with E-state index in [0.29, 0.717) is 34.0 Å². The number of carbonyl (C=O) groups is 3. The van der Waals surface area contributed by atoms with Crippen LogP contribution in [0.2, 0.25) is 0 Å². The number of hydrogen-bond acceptors (Lipinski definition) is 6. The van der Waals surface area contributed by atoms with Crippen LogP contribution in [0.15, 0.2) is 24.3 Å². The second kappa shape index (κ2) is 10.1. The van der Waals surface area contributed by atoms with Gasteiger partial charge in [0.1, 0.15) is 5.75 Å². The summed E-state index contributed by atoms with van der Waals surface area (Å²) in [6, 6.07) is 6.47. The molecule has 8 heteroatoms. The normalized spacial score (nSPS) is 11.8. The number of aryl methyl sites for hydroxylation is 1. The highest BCUT2D eigenvalue weighted by atomic mass is 16.5. The number of esters is 1. The summed E-state index contributed by atoms with van der Waals surface area (Å²) in [6.45, 7) is 7.17. The Morgan fingerprint density at radius 2 is 1.93 bits per heavy atom. The number of benzene rings is 1. The van der Waals surface area contributed by atoms with Crippen molar-refractivity contribution >= 4 is 23.3 Å². The number of aromatic nitrogens is 1. The van der Waals surface area contributed by atoms with Crippen LogP contribution < -0.4 is 10.1 Å². The first-order valence-corrected chi connectivity index (χ1v) is 9.74. The number of aromatic amines is 1. The van der Waals surface area contributed by atoms with Gasteiger partial charge >= 0.3 is 5.97 Å². The van der Waals surface area contributed by atoms with Crippen molar-refractivity contribution in [1.29, 1.82) is 0 Å². The molecule has 0 radical (unpaired) electrons. The minimum Gasteiger partial charge on any atom is -0.497 e. The van der Waals surface area contributed by atoms with Crippen LogP contribution in [0.4, 0.5) is 5.69 Å². The maximum atomic E-state index is 13.0. The molecular formula is C22H29N3O5.